The minimum atomic E-state index is -0.303. The van der Waals surface area contributed by atoms with E-state index in [0.29, 0.717) is 33.1 Å². The average molecular weight is 425 g/mol. The van der Waals surface area contributed by atoms with Gasteiger partial charge in [-0.25, -0.2) is 4.98 Å². The number of carbonyl (C=O) groups is 1. The highest BCUT2D eigenvalue weighted by atomic mass is 35.5. The molecule has 1 amide bonds. The Bertz CT molecular complexity index is 1200. The maximum atomic E-state index is 12.4. The molecule has 3 aromatic carbocycles. The summed E-state index contributed by atoms with van der Waals surface area (Å²) in [6.07, 6.45) is 0. The number of aromatic nitrogens is 1. The van der Waals surface area contributed by atoms with Gasteiger partial charge < -0.3 is 9.73 Å². The number of carbonyl (C=O) groups excluding carboxylic acids is 1. The molecule has 1 heterocycles. The van der Waals surface area contributed by atoms with E-state index >= 15 is 0 Å². The van der Waals surface area contributed by atoms with Gasteiger partial charge in [-0.2, -0.15) is 0 Å². The average Bonchev–Trinajstić information content (AvgIpc) is 3.11. The van der Waals surface area contributed by atoms with Crippen LogP contribution < -0.4 is 5.32 Å². The number of benzene rings is 3. The van der Waals surface area contributed by atoms with E-state index in [2.05, 4.69) is 36.3 Å². The van der Waals surface area contributed by atoms with E-state index in [4.69, 9.17) is 27.6 Å². The van der Waals surface area contributed by atoms with Crippen LogP contribution >= 0.6 is 23.2 Å². The number of halogens is 2. The molecule has 4 aromatic rings. The summed E-state index contributed by atoms with van der Waals surface area (Å²) in [6, 6.07) is 18.1. The molecular weight excluding hydrogens is 407 g/mol. The second kappa shape index (κ2) is 7.90. The maximum absolute atomic E-state index is 12.4. The first-order valence-corrected chi connectivity index (χ1v) is 9.93. The molecule has 0 fully saturated rings. The van der Waals surface area contributed by atoms with Gasteiger partial charge in [0, 0.05) is 16.3 Å². The lowest BCUT2D eigenvalue weighted by molar-refractivity contribution is 0.102. The first kappa shape index (κ1) is 19.5. The van der Waals surface area contributed by atoms with Gasteiger partial charge in [0.1, 0.15) is 5.52 Å². The fraction of sp³-hybridized carbons (Fsp3) is 0.130. The van der Waals surface area contributed by atoms with E-state index in [1.165, 1.54) is 5.56 Å². The van der Waals surface area contributed by atoms with E-state index < -0.39 is 0 Å². The molecule has 1 aromatic heterocycles. The van der Waals surface area contributed by atoms with Crippen molar-refractivity contribution in [2.45, 2.75) is 19.8 Å². The molecule has 0 spiro atoms. The van der Waals surface area contributed by atoms with Crippen molar-refractivity contribution in [2.24, 2.45) is 0 Å². The Morgan fingerprint density at radius 1 is 1.00 bits per heavy atom. The zero-order valence-electron chi connectivity index (χ0n) is 15.9. The zero-order valence-corrected chi connectivity index (χ0v) is 17.4. The molecule has 0 aliphatic rings. The first-order valence-electron chi connectivity index (χ1n) is 9.18. The lowest BCUT2D eigenvalue weighted by Gasteiger charge is -2.07. The summed E-state index contributed by atoms with van der Waals surface area (Å²) in [5.74, 6) is 0.665. The molecule has 4 rings (SSSR count). The minimum absolute atomic E-state index is 0.303. The van der Waals surface area contributed by atoms with Crippen LogP contribution in [-0.2, 0) is 0 Å². The Balaban J connectivity index is 1.54. The Hall–Kier alpha value is -2.82. The van der Waals surface area contributed by atoms with Crippen LogP contribution in [0.5, 0.6) is 0 Å². The molecule has 0 atom stereocenters. The summed E-state index contributed by atoms with van der Waals surface area (Å²) in [4.78, 5) is 17.0. The molecule has 0 unspecified atom stereocenters. The standard InChI is InChI=1S/C23H18Cl2N2O2/c1-13(2)15-5-10-21-20(11-15)27-23(29-21)14-3-7-17(8-4-14)26-22(28)18-9-6-16(24)12-19(18)25/h3-13H,1-2H3,(H,26,28). The van der Waals surface area contributed by atoms with Gasteiger partial charge in [0.05, 0.1) is 10.6 Å². The molecule has 6 heteroatoms. The second-order valence-corrected chi connectivity index (χ2v) is 7.90. The summed E-state index contributed by atoms with van der Waals surface area (Å²) in [5.41, 5.74) is 4.63. The van der Waals surface area contributed by atoms with Crippen LogP contribution in [0, 0.1) is 0 Å². The highest BCUT2D eigenvalue weighted by Crippen LogP contribution is 2.28. The van der Waals surface area contributed by atoms with Crippen molar-refractivity contribution in [3.05, 3.63) is 81.8 Å². The summed E-state index contributed by atoms with van der Waals surface area (Å²) in [6.45, 7) is 4.29. The first-order chi connectivity index (χ1) is 13.9. The van der Waals surface area contributed by atoms with Crippen molar-refractivity contribution in [1.29, 1.82) is 0 Å². The zero-order chi connectivity index (χ0) is 20.5. The summed E-state index contributed by atoms with van der Waals surface area (Å²) < 4.78 is 5.88. The van der Waals surface area contributed by atoms with Crippen LogP contribution in [0.15, 0.2) is 65.1 Å². The van der Waals surface area contributed by atoms with Crippen LogP contribution in [0.1, 0.15) is 35.7 Å². The number of oxazole rings is 1. The summed E-state index contributed by atoms with van der Waals surface area (Å²) in [7, 11) is 0. The quantitative estimate of drug-likeness (QED) is 0.377. The molecule has 0 saturated carbocycles. The highest BCUT2D eigenvalue weighted by Gasteiger charge is 2.13. The molecule has 0 aliphatic heterocycles. The van der Waals surface area contributed by atoms with Crippen LogP contribution in [0.2, 0.25) is 10.0 Å². The van der Waals surface area contributed by atoms with Gasteiger partial charge in [0.2, 0.25) is 5.89 Å². The normalized spacial score (nSPS) is 11.2. The van der Waals surface area contributed by atoms with Crippen molar-refractivity contribution >= 4 is 45.9 Å². The Labute approximate surface area is 178 Å². The van der Waals surface area contributed by atoms with Gasteiger partial charge >= 0.3 is 0 Å². The van der Waals surface area contributed by atoms with E-state index in [0.717, 1.165) is 16.7 Å². The molecule has 146 valence electrons. The predicted octanol–water partition coefficient (Wildman–Crippen LogP) is 7.18. The van der Waals surface area contributed by atoms with Crippen molar-refractivity contribution in [2.75, 3.05) is 5.32 Å². The minimum Gasteiger partial charge on any atom is -0.436 e. The number of hydrogen-bond donors (Lipinski definition) is 1. The summed E-state index contributed by atoms with van der Waals surface area (Å²) >= 11 is 12.0. The molecule has 4 nitrogen and oxygen atoms in total. The van der Waals surface area contributed by atoms with Gasteiger partial charge in [-0.15, -0.1) is 0 Å². The monoisotopic (exact) mass is 424 g/mol. The van der Waals surface area contributed by atoms with E-state index in [1.807, 2.05) is 18.2 Å². The Kier molecular flexibility index (Phi) is 5.31. The predicted molar refractivity (Wildman–Crippen MR) is 118 cm³/mol. The topological polar surface area (TPSA) is 55.1 Å². The van der Waals surface area contributed by atoms with Gasteiger partial charge in [-0.1, -0.05) is 43.1 Å². The van der Waals surface area contributed by atoms with Crippen LogP contribution in [0.3, 0.4) is 0 Å². The molecular formula is C23H18Cl2N2O2. The number of hydrogen-bond acceptors (Lipinski definition) is 3. The van der Waals surface area contributed by atoms with Gasteiger partial charge in [0.25, 0.3) is 5.91 Å². The van der Waals surface area contributed by atoms with E-state index in [-0.39, 0.29) is 5.91 Å². The number of fused-ring (bicyclic) bond motifs is 1. The fourth-order valence-corrected chi connectivity index (χ4v) is 3.49. The number of amides is 1. The number of anilines is 1. The Morgan fingerprint density at radius 2 is 1.76 bits per heavy atom. The van der Waals surface area contributed by atoms with E-state index in [1.54, 1.807) is 30.3 Å². The molecule has 29 heavy (non-hydrogen) atoms. The maximum Gasteiger partial charge on any atom is 0.257 e. The molecule has 0 bridgehead atoms. The molecule has 0 aliphatic carbocycles. The Morgan fingerprint density at radius 3 is 2.45 bits per heavy atom. The number of nitrogens with zero attached hydrogens (tertiary/aromatic N) is 1. The number of nitrogens with one attached hydrogen (secondary N) is 1. The van der Waals surface area contributed by atoms with Crippen molar-refractivity contribution < 1.29 is 9.21 Å². The third kappa shape index (κ3) is 4.14. The van der Waals surface area contributed by atoms with Crippen LogP contribution in [-0.4, -0.2) is 10.9 Å². The van der Waals surface area contributed by atoms with Gasteiger partial charge in [-0.3, -0.25) is 4.79 Å². The second-order valence-electron chi connectivity index (χ2n) is 7.06. The molecule has 1 N–H and O–H groups in total. The third-order valence-electron chi connectivity index (χ3n) is 4.64. The van der Waals surface area contributed by atoms with E-state index in [9.17, 15) is 4.79 Å². The SMILES string of the molecule is CC(C)c1ccc2oc(-c3ccc(NC(=O)c4ccc(Cl)cc4Cl)cc3)nc2c1. The summed E-state index contributed by atoms with van der Waals surface area (Å²) in [5, 5.41) is 3.61. The fourth-order valence-electron chi connectivity index (χ4n) is 3.00. The lowest BCUT2D eigenvalue weighted by Crippen LogP contribution is -2.12. The lowest BCUT2D eigenvalue weighted by atomic mass is 10.0. The molecule has 0 saturated heterocycles. The third-order valence-corrected chi connectivity index (χ3v) is 5.19. The molecule has 0 radical (unpaired) electrons. The van der Waals surface area contributed by atoms with Crippen LogP contribution in [0.4, 0.5) is 5.69 Å². The van der Waals surface area contributed by atoms with Crippen molar-refractivity contribution in [3.63, 3.8) is 0 Å². The van der Waals surface area contributed by atoms with Gasteiger partial charge in [-0.05, 0) is 66.1 Å². The van der Waals surface area contributed by atoms with Gasteiger partial charge in [0.15, 0.2) is 5.58 Å². The van der Waals surface area contributed by atoms with Crippen molar-refractivity contribution in [3.8, 4) is 11.5 Å². The highest BCUT2D eigenvalue weighted by molar-refractivity contribution is 6.37. The van der Waals surface area contributed by atoms with Crippen molar-refractivity contribution in [1.82, 2.24) is 4.98 Å². The smallest absolute Gasteiger partial charge is 0.257 e. The van der Waals surface area contributed by atoms with Crippen LogP contribution in [0.25, 0.3) is 22.6 Å². The largest absolute Gasteiger partial charge is 0.436 e. The number of rotatable bonds is 4.